The molecular weight excluding hydrogens is 434 g/mol. The SMILES string of the molecule is O=C(NCc1nc(-c2ccncc2)no1)c1cc(-c2ccc(Cl)s2)nc2ccccc12. The van der Waals surface area contributed by atoms with Gasteiger partial charge in [0.1, 0.15) is 0 Å². The van der Waals surface area contributed by atoms with Gasteiger partial charge in [-0.15, -0.1) is 11.3 Å². The van der Waals surface area contributed by atoms with Crippen LogP contribution in [-0.2, 0) is 6.54 Å². The number of carbonyl (C=O) groups excluding carboxylic acids is 1. The second-order valence-corrected chi connectivity index (χ2v) is 8.32. The van der Waals surface area contributed by atoms with E-state index in [1.54, 1.807) is 30.6 Å². The first-order chi connectivity index (χ1) is 15.2. The minimum Gasteiger partial charge on any atom is -0.343 e. The highest BCUT2D eigenvalue weighted by Crippen LogP contribution is 2.32. The fraction of sp³-hybridized carbons (Fsp3) is 0.0455. The zero-order valence-electron chi connectivity index (χ0n) is 15.9. The molecule has 1 aromatic carbocycles. The molecule has 0 atom stereocenters. The molecule has 0 aliphatic rings. The maximum absolute atomic E-state index is 13.0. The predicted molar refractivity (Wildman–Crippen MR) is 119 cm³/mol. The number of hydrogen-bond donors (Lipinski definition) is 1. The van der Waals surface area contributed by atoms with Crippen LogP contribution in [0.4, 0.5) is 0 Å². The average Bonchev–Trinajstić information content (AvgIpc) is 3.46. The van der Waals surface area contributed by atoms with Gasteiger partial charge in [-0.2, -0.15) is 4.98 Å². The Kier molecular flexibility index (Phi) is 5.15. The molecular formula is C22H14ClN5O2S. The van der Waals surface area contributed by atoms with Gasteiger partial charge in [-0.05, 0) is 36.4 Å². The summed E-state index contributed by atoms with van der Waals surface area (Å²) in [5.41, 5.74) is 2.72. The lowest BCUT2D eigenvalue weighted by molar-refractivity contribution is 0.0948. The smallest absolute Gasteiger partial charge is 0.252 e. The van der Waals surface area contributed by atoms with Crippen LogP contribution >= 0.6 is 22.9 Å². The summed E-state index contributed by atoms with van der Waals surface area (Å²) in [7, 11) is 0. The molecule has 0 bridgehead atoms. The summed E-state index contributed by atoms with van der Waals surface area (Å²) < 4.78 is 5.93. The zero-order chi connectivity index (χ0) is 21.2. The number of nitrogens with one attached hydrogen (secondary N) is 1. The van der Waals surface area contributed by atoms with E-state index >= 15 is 0 Å². The van der Waals surface area contributed by atoms with Crippen molar-refractivity contribution in [3.8, 4) is 22.0 Å². The largest absolute Gasteiger partial charge is 0.343 e. The molecule has 5 rings (SSSR count). The minimum absolute atomic E-state index is 0.105. The van der Waals surface area contributed by atoms with Crippen molar-refractivity contribution in [3.63, 3.8) is 0 Å². The number of pyridine rings is 2. The lowest BCUT2D eigenvalue weighted by atomic mass is 10.1. The second kappa shape index (κ2) is 8.25. The van der Waals surface area contributed by atoms with Crippen LogP contribution in [0.2, 0.25) is 4.34 Å². The topological polar surface area (TPSA) is 93.8 Å². The minimum atomic E-state index is -0.258. The van der Waals surface area contributed by atoms with Crippen molar-refractivity contribution in [2.24, 2.45) is 0 Å². The molecule has 4 heterocycles. The number of nitrogens with zero attached hydrogens (tertiary/aromatic N) is 4. The molecule has 152 valence electrons. The van der Waals surface area contributed by atoms with Gasteiger partial charge in [0.15, 0.2) is 0 Å². The molecule has 7 nitrogen and oxygen atoms in total. The third kappa shape index (κ3) is 4.03. The van der Waals surface area contributed by atoms with Crippen LogP contribution in [0.5, 0.6) is 0 Å². The van der Waals surface area contributed by atoms with Gasteiger partial charge < -0.3 is 9.84 Å². The third-order valence-corrected chi connectivity index (χ3v) is 5.85. The molecule has 4 aromatic heterocycles. The highest BCUT2D eigenvalue weighted by atomic mass is 35.5. The number of hydrogen-bond acceptors (Lipinski definition) is 7. The number of benzene rings is 1. The van der Waals surface area contributed by atoms with Crippen LogP contribution in [0.25, 0.3) is 32.9 Å². The van der Waals surface area contributed by atoms with Gasteiger partial charge in [0.2, 0.25) is 11.7 Å². The van der Waals surface area contributed by atoms with Crippen LogP contribution in [0.15, 0.2) is 71.5 Å². The molecule has 0 unspecified atom stereocenters. The molecule has 0 saturated carbocycles. The van der Waals surface area contributed by atoms with Crippen LogP contribution in [0, 0.1) is 0 Å². The molecule has 0 aliphatic carbocycles. The Morgan fingerprint density at radius 3 is 2.71 bits per heavy atom. The number of amides is 1. The molecule has 0 fully saturated rings. The fourth-order valence-corrected chi connectivity index (χ4v) is 4.14. The molecule has 0 saturated heterocycles. The number of aromatic nitrogens is 4. The van der Waals surface area contributed by atoms with Crippen LogP contribution in [-0.4, -0.2) is 26.0 Å². The van der Waals surface area contributed by atoms with Gasteiger partial charge in [-0.1, -0.05) is 35.0 Å². The van der Waals surface area contributed by atoms with E-state index in [9.17, 15) is 4.79 Å². The van der Waals surface area contributed by atoms with Crippen molar-refractivity contribution >= 4 is 39.7 Å². The van der Waals surface area contributed by atoms with E-state index in [0.29, 0.717) is 27.3 Å². The maximum Gasteiger partial charge on any atom is 0.252 e. The standard InChI is InChI=1S/C22H14ClN5O2S/c23-19-6-5-18(31-19)17-11-15(14-3-1-2-4-16(14)26-17)22(29)25-12-20-27-21(28-30-20)13-7-9-24-10-8-13/h1-11H,12H2,(H,25,29). The fourth-order valence-electron chi connectivity index (χ4n) is 3.14. The number of thiophene rings is 1. The van der Waals surface area contributed by atoms with Crippen LogP contribution in [0.3, 0.4) is 0 Å². The Morgan fingerprint density at radius 1 is 1.06 bits per heavy atom. The van der Waals surface area contributed by atoms with E-state index < -0.39 is 0 Å². The first kappa shape index (κ1) is 19.3. The predicted octanol–water partition coefficient (Wildman–Crippen LogP) is 4.99. The highest BCUT2D eigenvalue weighted by Gasteiger charge is 2.16. The quantitative estimate of drug-likeness (QED) is 0.408. The third-order valence-electron chi connectivity index (χ3n) is 4.59. The average molecular weight is 448 g/mol. The molecule has 31 heavy (non-hydrogen) atoms. The lowest BCUT2D eigenvalue weighted by Crippen LogP contribution is -2.23. The molecule has 0 spiro atoms. The molecule has 1 N–H and O–H groups in total. The molecule has 1 amide bonds. The second-order valence-electron chi connectivity index (χ2n) is 6.61. The summed E-state index contributed by atoms with van der Waals surface area (Å²) in [5.74, 6) is 0.493. The number of halogens is 1. The number of rotatable bonds is 5. The Balaban J connectivity index is 1.41. The lowest BCUT2D eigenvalue weighted by Gasteiger charge is -2.09. The van der Waals surface area contributed by atoms with E-state index in [0.717, 1.165) is 21.3 Å². The zero-order valence-corrected chi connectivity index (χ0v) is 17.5. The summed E-state index contributed by atoms with van der Waals surface area (Å²) in [5, 5.41) is 7.57. The molecule has 0 aliphatic heterocycles. The first-order valence-corrected chi connectivity index (χ1v) is 10.5. The number of para-hydroxylation sites is 1. The van der Waals surface area contributed by atoms with Crippen molar-refractivity contribution in [2.75, 3.05) is 0 Å². The van der Waals surface area contributed by atoms with Crippen LogP contribution < -0.4 is 5.32 Å². The molecule has 5 aromatic rings. The van der Waals surface area contributed by atoms with Crippen LogP contribution in [0.1, 0.15) is 16.2 Å². The van der Waals surface area contributed by atoms with Gasteiger partial charge in [-0.3, -0.25) is 9.78 Å². The van der Waals surface area contributed by atoms with Gasteiger partial charge in [-0.25, -0.2) is 4.98 Å². The summed E-state index contributed by atoms with van der Waals surface area (Å²) in [6, 6.07) is 16.6. The highest BCUT2D eigenvalue weighted by molar-refractivity contribution is 7.19. The van der Waals surface area contributed by atoms with E-state index in [-0.39, 0.29) is 12.5 Å². The first-order valence-electron chi connectivity index (χ1n) is 9.34. The summed E-state index contributed by atoms with van der Waals surface area (Å²) in [4.78, 5) is 26.9. The van der Waals surface area contributed by atoms with Crippen molar-refractivity contribution < 1.29 is 9.32 Å². The Labute approximate surface area is 185 Å². The van der Waals surface area contributed by atoms with Gasteiger partial charge in [0, 0.05) is 23.3 Å². The van der Waals surface area contributed by atoms with Crippen molar-refractivity contribution in [2.45, 2.75) is 6.54 Å². The Hall–Kier alpha value is -3.62. The Bertz CT molecular complexity index is 1380. The molecule has 0 radical (unpaired) electrons. The van der Waals surface area contributed by atoms with E-state index in [2.05, 4.69) is 25.4 Å². The van der Waals surface area contributed by atoms with E-state index in [1.807, 2.05) is 36.4 Å². The maximum atomic E-state index is 13.0. The monoisotopic (exact) mass is 447 g/mol. The summed E-state index contributed by atoms with van der Waals surface area (Å²) >= 11 is 7.49. The Morgan fingerprint density at radius 2 is 1.90 bits per heavy atom. The number of carbonyl (C=O) groups is 1. The summed E-state index contributed by atoms with van der Waals surface area (Å²) in [6.07, 6.45) is 3.31. The van der Waals surface area contributed by atoms with Crippen molar-refractivity contribution in [3.05, 3.63) is 82.8 Å². The van der Waals surface area contributed by atoms with E-state index in [1.165, 1.54) is 11.3 Å². The van der Waals surface area contributed by atoms with Crippen molar-refractivity contribution in [1.82, 2.24) is 25.4 Å². The van der Waals surface area contributed by atoms with Gasteiger partial charge in [0.25, 0.3) is 5.91 Å². The van der Waals surface area contributed by atoms with E-state index in [4.69, 9.17) is 16.1 Å². The van der Waals surface area contributed by atoms with Gasteiger partial charge >= 0.3 is 0 Å². The van der Waals surface area contributed by atoms with Gasteiger partial charge in [0.05, 0.1) is 32.5 Å². The number of fused-ring (bicyclic) bond motifs is 1. The normalized spacial score (nSPS) is 11.0. The molecule has 9 heteroatoms. The van der Waals surface area contributed by atoms with Crippen molar-refractivity contribution in [1.29, 1.82) is 0 Å². The summed E-state index contributed by atoms with van der Waals surface area (Å²) in [6.45, 7) is 0.105.